The Hall–Kier alpha value is -2.48. The SMILES string of the molecule is CCOc1ccc(NC(=O)CSc2nc(C)cc(N)n2)cc1OCC. The maximum absolute atomic E-state index is 12.1. The van der Waals surface area contributed by atoms with E-state index in [0.29, 0.717) is 41.4 Å². The molecule has 0 fully saturated rings. The highest BCUT2D eigenvalue weighted by molar-refractivity contribution is 7.99. The standard InChI is InChI=1S/C17H22N4O3S/c1-4-23-13-7-6-12(9-14(13)24-5-2)20-16(22)10-25-17-19-11(3)8-15(18)21-17/h6-9H,4-5,10H2,1-3H3,(H,20,22)(H2,18,19,21). The number of thioether (sulfide) groups is 1. The van der Waals surface area contributed by atoms with Crippen LogP contribution in [0.4, 0.5) is 11.5 Å². The monoisotopic (exact) mass is 362 g/mol. The number of nitrogen functional groups attached to an aromatic ring is 1. The first-order chi connectivity index (χ1) is 12.0. The number of hydrogen-bond donors (Lipinski definition) is 2. The van der Waals surface area contributed by atoms with Gasteiger partial charge in [0.25, 0.3) is 0 Å². The van der Waals surface area contributed by atoms with Crippen molar-refractivity contribution in [3.05, 3.63) is 30.0 Å². The van der Waals surface area contributed by atoms with Crippen LogP contribution in [0.3, 0.4) is 0 Å². The summed E-state index contributed by atoms with van der Waals surface area (Å²) >= 11 is 1.23. The number of rotatable bonds is 8. The van der Waals surface area contributed by atoms with Gasteiger partial charge >= 0.3 is 0 Å². The summed E-state index contributed by atoms with van der Waals surface area (Å²) in [7, 11) is 0. The number of ether oxygens (including phenoxy) is 2. The minimum Gasteiger partial charge on any atom is -0.490 e. The molecule has 2 rings (SSSR count). The normalized spacial score (nSPS) is 10.4. The molecule has 25 heavy (non-hydrogen) atoms. The zero-order valence-corrected chi connectivity index (χ0v) is 15.4. The number of anilines is 2. The number of hydrogen-bond acceptors (Lipinski definition) is 7. The molecule has 0 atom stereocenters. The number of nitrogens with two attached hydrogens (primary N) is 1. The number of nitrogens with one attached hydrogen (secondary N) is 1. The van der Waals surface area contributed by atoms with Crippen LogP contribution < -0.4 is 20.5 Å². The Kier molecular flexibility index (Phi) is 6.88. The molecule has 0 aliphatic rings. The quantitative estimate of drug-likeness (QED) is 0.550. The van der Waals surface area contributed by atoms with Crippen LogP contribution in [0.5, 0.6) is 11.5 Å². The average molecular weight is 362 g/mol. The van der Waals surface area contributed by atoms with Gasteiger partial charge in [-0.05, 0) is 32.9 Å². The van der Waals surface area contributed by atoms with Crippen molar-refractivity contribution in [2.24, 2.45) is 0 Å². The first-order valence-corrected chi connectivity index (χ1v) is 8.93. The van der Waals surface area contributed by atoms with E-state index in [-0.39, 0.29) is 11.7 Å². The van der Waals surface area contributed by atoms with Gasteiger partial charge in [0.15, 0.2) is 16.7 Å². The van der Waals surface area contributed by atoms with E-state index < -0.39 is 0 Å². The zero-order valence-electron chi connectivity index (χ0n) is 14.5. The van der Waals surface area contributed by atoms with Crippen LogP contribution >= 0.6 is 11.8 Å². The second-order valence-electron chi connectivity index (χ2n) is 5.08. The van der Waals surface area contributed by atoms with Crippen LogP contribution in [0.15, 0.2) is 29.4 Å². The van der Waals surface area contributed by atoms with Gasteiger partial charge in [-0.1, -0.05) is 11.8 Å². The fraction of sp³-hybridized carbons (Fsp3) is 0.353. The van der Waals surface area contributed by atoms with Crippen molar-refractivity contribution in [2.75, 3.05) is 30.0 Å². The van der Waals surface area contributed by atoms with Crippen LogP contribution in [0.25, 0.3) is 0 Å². The second-order valence-corrected chi connectivity index (χ2v) is 6.02. The maximum atomic E-state index is 12.1. The van der Waals surface area contributed by atoms with E-state index in [4.69, 9.17) is 15.2 Å². The Labute approximate surface area is 151 Å². The Bertz CT molecular complexity index is 720. The van der Waals surface area contributed by atoms with Crippen molar-refractivity contribution in [2.45, 2.75) is 25.9 Å². The van der Waals surface area contributed by atoms with Crippen molar-refractivity contribution in [1.29, 1.82) is 0 Å². The van der Waals surface area contributed by atoms with Crippen molar-refractivity contribution in [1.82, 2.24) is 9.97 Å². The molecule has 0 spiro atoms. The topological polar surface area (TPSA) is 99.4 Å². The molecule has 0 aliphatic carbocycles. The first kappa shape index (κ1) is 18.9. The largest absolute Gasteiger partial charge is 0.490 e. The number of carbonyl (C=O) groups is 1. The smallest absolute Gasteiger partial charge is 0.234 e. The van der Waals surface area contributed by atoms with Crippen molar-refractivity contribution in [3.8, 4) is 11.5 Å². The molecule has 1 aromatic carbocycles. The molecule has 0 aliphatic heterocycles. The fourth-order valence-corrected chi connectivity index (χ4v) is 2.80. The summed E-state index contributed by atoms with van der Waals surface area (Å²) in [6.45, 7) is 6.69. The highest BCUT2D eigenvalue weighted by Crippen LogP contribution is 2.30. The minimum absolute atomic E-state index is 0.166. The molecular formula is C17H22N4O3S. The zero-order chi connectivity index (χ0) is 18.2. The number of nitrogens with zero attached hydrogens (tertiary/aromatic N) is 2. The van der Waals surface area contributed by atoms with E-state index >= 15 is 0 Å². The van der Waals surface area contributed by atoms with Crippen molar-refractivity contribution >= 4 is 29.2 Å². The van der Waals surface area contributed by atoms with E-state index in [2.05, 4.69) is 15.3 Å². The molecule has 7 nitrogen and oxygen atoms in total. The molecule has 0 saturated carbocycles. The van der Waals surface area contributed by atoms with Crippen LogP contribution in [0, 0.1) is 6.92 Å². The van der Waals surface area contributed by atoms with Gasteiger partial charge in [0.1, 0.15) is 5.82 Å². The summed E-state index contributed by atoms with van der Waals surface area (Å²) in [4.78, 5) is 20.5. The van der Waals surface area contributed by atoms with Gasteiger partial charge in [0.2, 0.25) is 5.91 Å². The third kappa shape index (κ3) is 5.82. The fourth-order valence-electron chi connectivity index (χ4n) is 2.09. The van der Waals surface area contributed by atoms with Gasteiger partial charge in [0, 0.05) is 23.5 Å². The third-order valence-corrected chi connectivity index (χ3v) is 3.86. The van der Waals surface area contributed by atoms with Crippen molar-refractivity contribution in [3.63, 3.8) is 0 Å². The third-order valence-electron chi connectivity index (χ3n) is 3.01. The number of aryl methyl sites for hydroxylation is 1. The molecule has 8 heteroatoms. The van der Waals surface area contributed by atoms with E-state index in [9.17, 15) is 4.79 Å². The lowest BCUT2D eigenvalue weighted by molar-refractivity contribution is -0.113. The summed E-state index contributed by atoms with van der Waals surface area (Å²) in [5, 5.41) is 3.31. The van der Waals surface area contributed by atoms with Crippen LogP contribution in [-0.4, -0.2) is 34.8 Å². The summed E-state index contributed by atoms with van der Waals surface area (Å²) in [5.74, 6) is 1.66. The Balaban J connectivity index is 1.98. The number of aromatic nitrogens is 2. The maximum Gasteiger partial charge on any atom is 0.234 e. The van der Waals surface area contributed by atoms with Gasteiger partial charge in [-0.3, -0.25) is 4.79 Å². The van der Waals surface area contributed by atoms with Gasteiger partial charge in [-0.25, -0.2) is 9.97 Å². The van der Waals surface area contributed by atoms with E-state index in [1.807, 2.05) is 20.8 Å². The number of carbonyl (C=O) groups excluding carboxylic acids is 1. The van der Waals surface area contributed by atoms with E-state index in [0.717, 1.165) is 5.69 Å². The van der Waals surface area contributed by atoms with Gasteiger partial charge in [-0.15, -0.1) is 0 Å². The van der Waals surface area contributed by atoms with Crippen LogP contribution in [0.2, 0.25) is 0 Å². The molecule has 3 N–H and O–H groups in total. The molecule has 0 radical (unpaired) electrons. The Morgan fingerprint density at radius 2 is 1.88 bits per heavy atom. The molecule has 1 heterocycles. The lowest BCUT2D eigenvalue weighted by atomic mass is 10.2. The first-order valence-electron chi connectivity index (χ1n) is 7.95. The van der Waals surface area contributed by atoms with E-state index in [1.165, 1.54) is 11.8 Å². The number of benzene rings is 1. The molecule has 1 amide bonds. The predicted molar refractivity (Wildman–Crippen MR) is 99.3 cm³/mol. The molecule has 2 aromatic rings. The average Bonchev–Trinajstić information content (AvgIpc) is 2.55. The molecule has 134 valence electrons. The summed E-state index contributed by atoms with van der Waals surface area (Å²) in [6, 6.07) is 6.98. The van der Waals surface area contributed by atoms with Gasteiger partial charge < -0.3 is 20.5 Å². The summed E-state index contributed by atoms with van der Waals surface area (Å²) in [5.41, 5.74) is 7.09. The lowest BCUT2D eigenvalue weighted by Crippen LogP contribution is -2.14. The van der Waals surface area contributed by atoms with Gasteiger partial charge in [-0.2, -0.15) is 0 Å². The highest BCUT2D eigenvalue weighted by atomic mass is 32.2. The summed E-state index contributed by atoms with van der Waals surface area (Å²) < 4.78 is 11.1. The van der Waals surface area contributed by atoms with E-state index in [1.54, 1.807) is 24.3 Å². The highest BCUT2D eigenvalue weighted by Gasteiger charge is 2.10. The molecule has 0 unspecified atom stereocenters. The molecule has 1 aromatic heterocycles. The predicted octanol–water partition coefficient (Wildman–Crippen LogP) is 2.90. The number of amides is 1. The van der Waals surface area contributed by atoms with Crippen LogP contribution in [-0.2, 0) is 4.79 Å². The second kappa shape index (κ2) is 9.12. The Morgan fingerprint density at radius 1 is 1.16 bits per heavy atom. The minimum atomic E-state index is -0.166. The van der Waals surface area contributed by atoms with Crippen molar-refractivity contribution < 1.29 is 14.3 Å². The van der Waals surface area contributed by atoms with Gasteiger partial charge in [0.05, 0.1) is 19.0 Å². The molecule has 0 bridgehead atoms. The lowest BCUT2D eigenvalue weighted by Gasteiger charge is -2.13. The Morgan fingerprint density at radius 3 is 2.56 bits per heavy atom. The summed E-state index contributed by atoms with van der Waals surface area (Å²) in [6.07, 6.45) is 0. The molecular weight excluding hydrogens is 340 g/mol. The van der Waals surface area contributed by atoms with Crippen LogP contribution in [0.1, 0.15) is 19.5 Å². The molecule has 0 saturated heterocycles.